The Labute approximate surface area is 109 Å². The number of benzene rings is 1. The summed E-state index contributed by atoms with van der Waals surface area (Å²) < 4.78 is 14.3. The number of nitrogens with one attached hydrogen (secondary N) is 1. The number of aromatic amines is 1. The quantitative estimate of drug-likeness (QED) is 0.836. The van der Waals surface area contributed by atoms with E-state index in [0.717, 1.165) is 10.6 Å². The van der Waals surface area contributed by atoms with Gasteiger partial charge in [-0.3, -0.25) is 9.78 Å². The lowest BCUT2D eigenvalue weighted by molar-refractivity contribution is 0.430. The molecule has 0 unspecified atom stereocenters. The van der Waals surface area contributed by atoms with Gasteiger partial charge in [-0.05, 0) is 40.5 Å². The van der Waals surface area contributed by atoms with Crippen molar-refractivity contribution in [2.24, 2.45) is 0 Å². The van der Waals surface area contributed by atoms with Crippen LogP contribution < -0.4 is 11.2 Å². The Morgan fingerprint density at radius 2 is 2.00 bits per heavy atom. The number of hydrogen-bond acceptors (Lipinski definition) is 3. The summed E-state index contributed by atoms with van der Waals surface area (Å²) in [6, 6.07) is 3.44. The SMILES string of the molecule is Cc1cc(F)c(Br)cc1-n1c(O)cc(=O)[nH]c1=O. The molecule has 0 aliphatic carbocycles. The summed E-state index contributed by atoms with van der Waals surface area (Å²) in [6.45, 7) is 1.59. The van der Waals surface area contributed by atoms with Crippen molar-refractivity contribution in [2.45, 2.75) is 6.92 Å². The van der Waals surface area contributed by atoms with Crippen molar-refractivity contribution in [3.8, 4) is 11.6 Å². The van der Waals surface area contributed by atoms with Crippen LogP contribution >= 0.6 is 15.9 Å². The summed E-state index contributed by atoms with van der Waals surface area (Å²) in [5.74, 6) is -0.987. The van der Waals surface area contributed by atoms with Crippen molar-refractivity contribution in [1.82, 2.24) is 9.55 Å². The number of aromatic nitrogens is 2. The topological polar surface area (TPSA) is 75.1 Å². The second kappa shape index (κ2) is 4.41. The molecule has 5 nitrogen and oxygen atoms in total. The van der Waals surface area contributed by atoms with Crippen molar-refractivity contribution >= 4 is 15.9 Å². The van der Waals surface area contributed by atoms with E-state index in [-0.39, 0.29) is 10.2 Å². The van der Waals surface area contributed by atoms with E-state index in [9.17, 15) is 19.1 Å². The molecule has 0 saturated heterocycles. The molecule has 0 aliphatic rings. The van der Waals surface area contributed by atoms with Crippen LogP contribution in [0.25, 0.3) is 5.69 Å². The van der Waals surface area contributed by atoms with E-state index in [1.165, 1.54) is 12.1 Å². The minimum Gasteiger partial charge on any atom is -0.494 e. The molecule has 2 aromatic rings. The van der Waals surface area contributed by atoms with Crippen molar-refractivity contribution < 1.29 is 9.50 Å². The van der Waals surface area contributed by atoms with Gasteiger partial charge in [-0.1, -0.05) is 0 Å². The normalized spacial score (nSPS) is 10.6. The molecule has 0 amide bonds. The van der Waals surface area contributed by atoms with E-state index < -0.39 is 22.9 Å². The third kappa shape index (κ3) is 2.08. The fraction of sp³-hybridized carbons (Fsp3) is 0.0909. The van der Waals surface area contributed by atoms with Gasteiger partial charge >= 0.3 is 5.69 Å². The second-order valence-corrected chi connectivity index (χ2v) is 4.54. The molecule has 0 radical (unpaired) electrons. The molecule has 1 aromatic carbocycles. The minimum atomic E-state index is -0.790. The first kappa shape index (κ1) is 12.6. The monoisotopic (exact) mass is 314 g/mol. The molecule has 0 spiro atoms. The summed E-state index contributed by atoms with van der Waals surface area (Å²) >= 11 is 3.00. The molecular formula is C11H8BrFN2O3. The first-order valence-corrected chi connectivity index (χ1v) is 5.71. The lowest BCUT2D eigenvalue weighted by Gasteiger charge is -2.11. The highest BCUT2D eigenvalue weighted by Crippen LogP contribution is 2.24. The Hall–Kier alpha value is -1.89. The molecule has 0 atom stereocenters. The second-order valence-electron chi connectivity index (χ2n) is 3.69. The lowest BCUT2D eigenvalue weighted by atomic mass is 10.2. The molecule has 2 rings (SSSR count). The van der Waals surface area contributed by atoms with Crippen molar-refractivity contribution in [1.29, 1.82) is 0 Å². The zero-order valence-corrected chi connectivity index (χ0v) is 10.8. The Morgan fingerprint density at radius 3 is 2.61 bits per heavy atom. The molecule has 1 aromatic heterocycles. The van der Waals surface area contributed by atoms with Gasteiger partial charge in [0, 0.05) is 0 Å². The summed E-state index contributed by atoms with van der Waals surface area (Å²) in [4.78, 5) is 24.7. The van der Waals surface area contributed by atoms with Gasteiger partial charge in [0.1, 0.15) is 5.82 Å². The molecule has 7 heteroatoms. The molecule has 0 fully saturated rings. The molecule has 2 N–H and O–H groups in total. The molecule has 1 heterocycles. The van der Waals surface area contributed by atoms with Crippen molar-refractivity contribution in [2.75, 3.05) is 0 Å². The minimum absolute atomic E-state index is 0.153. The lowest BCUT2D eigenvalue weighted by Crippen LogP contribution is -2.28. The number of halogens is 2. The van der Waals surface area contributed by atoms with Crippen molar-refractivity contribution in [3.05, 3.63) is 54.9 Å². The Bertz CT molecular complexity index is 736. The average Bonchev–Trinajstić information content (AvgIpc) is 2.24. The first-order valence-electron chi connectivity index (χ1n) is 4.91. The van der Waals surface area contributed by atoms with E-state index in [1.807, 2.05) is 4.98 Å². The maximum atomic E-state index is 13.3. The number of nitrogens with zero attached hydrogens (tertiary/aromatic N) is 1. The van der Waals surface area contributed by atoms with Gasteiger partial charge in [-0.2, -0.15) is 0 Å². The van der Waals surface area contributed by atoms with Gasteiger partial charge < -0.3 is 5.11 Å². The zero-order chi connectivity index (χ0) is 13.4. The Balaban J connectivity index is 2.82. The van der Waals surface area contributed by atoms with Gasteiger partial charge in [0.2, 0.25) is 5.88 Å². The maximum Gasteiger partial charge on any atom is 0.335 e. The number of H-pyrrole nitrogens is 1. The predicted molar refractivity (Wildman–Crippen MR) is 66.7 cm³/mol. The van der Waals surface area contributed by atoms with Gasteiger partial charge in [-0.25, -0.2) is 13.8 Å². The Morgan fingerprint density at radius 1 is 1.33 bits per heavy atom. The fourth-order valence-corrected chi connectivity index (χ4v) is 1.92. The third-order valence-corrected chi connectivity index (χ3v) is 3.01. The summed E-state index contributed by atoms with van der Waals surface area (Å²) in [6.07, 6.45) is 0. The highest BCUT2D eigenvalue weighted by Gasteiger charge is 2.12. The first-order chi connectivity index (χ1) is 8.40. The molecule has 18 heavy (non-hydrogen) atoms. The van der Waals surface area contributed by atoms with Crippen LogP contribution in [0.5, 0.6) is 5.88 Å². The number of aryl methyl sites for hydroxylation is 1. The number of rotatable bonds is 1. The largest absolute Gasteiger partial charge is 0.494 e. The van der Waals surface area contributed by atoms with Crippen LogP contribution in [0.2, 0.25) is 0 Å². The third-order valence-electron chi connectivity index (χ3n) is 2.40. The highest BCUT2D eigenvalue weighted by atomic mass is 79.9. The van der Waals surface area contributed by atoms with Crippen molar-refractivity contribution in [3.63, 3.8) is 0 Å². The van der Waals surface area contributed by atoms with Crippen LogP contribution in [-0.2, 0) is 0 Å². The average molecular weight is 315 g/mol. The van der Waals surface area contributed by atoms with E-state index in [2.05, 4.69) is 15.9 Å². The molecule has 0 aliphatic heterocycles. The van der Waals surface area contributed by atoms with Gasteiger partial charge in [0.25, 0.3) is 5.56 Å². The van der Waals surface area contributed by atoms with Crippen LogP contribution in [0, 0.1) is 12.7 Å². The van der Waals surface area contributed by atoms with Gasteiger partial charge in [-0.15, -0.1) is 0 Å². The van der Waals surface area contributed by atoms with Crippen LogP contribution in [0.15, 0.2) is 32.3 Å². The maximum absolute atomic E-state index is 13.3. The molecule has 0 bridgehead atoms. The summed E-state index contributed by atoms with van der Waals surface area (Å²) in [7, 11) is 0. The summed E-state index contributed by atoms with van der Waals surface area (Å²) in [5.41, 5.74) is -0.767. The standard InChI is InChI=1S/C11H8BrFN2O3/c1-5-2-7(13)6(12)3-8(5)15-10(17)4-9(16)14-11(15)18/h2-4,17H,1H3,(H,14,16,18). The smallest absolute Gasteiger partial charge is 0.335 e. The number of hydrogen-bond donors (Lipinski definition) is 2. The zero-order valence-electron chi connectivity index (χ0n) is 9.20. The summed E-state index contributed by atoms with van der Waals surface area (Å²) in [5, 5.41) is 9.64. The highest BCUT2D eigenvalue weighted by molar-refractivity contribution is 9.10. The van der Waals surface area contributed by atoms with Gasteiger partial charge in [0.05, 0.1) is 16.2 Å². The van der Waals surface area contributed by atoms with E-state index >= 15 is 0 Å². The van der Waals surface area contributed by atoms with Crippen LogP contribution in [-0.4, -0.2) is 14.7 Å². The van der Waals surface area contributed by atoms with Crippen LogP contribution in [0.1, 0.15) is 5.56 Å². The molecule has 0 saturated carbocycles. The van der Waals surface area contributed by atoms with E-state index in [1.54, 1.807) is 6.92 Å². The molecule has 94 valence electrons. The van der Waals surface area contributed by atoms with Gasteiger partial charge in [0.15, 0.2) is 0 Å². The number of aromatic hydroxyl groups is 1. The van der Waals surface area contributed by atoms with E-state index in [4.69, 9.17) is 0 Å². The predicted octanol–water partition coefficient (Wildman–Crippen LogP) is 1.44. The van der Waals surface area contributed by atoms with Crippen LogP contribution in [0.3, 0.4) is 0 Å². The molecular weight excluding hydrogens is 307 g/mol. The van der Waals surface area contributed by atoms with Crippen LogP contribution in [0.4, 0.5) is 4.39 Å². The van der Waals surface area contributed by atoms with E-state index in [0.29, 0.717) is 5.56 Å². The Kier molecular flexibility index (Phi) is 3.08. The fourth-order valence-electron chi connectivity index (χ4n) is 1.59.